The standard InChI is InChI=1S/C5HF8O/c6-1-2(7,8)4(10,11)5(12,13)3(1,9)14/h1H. The fraction of sp³-hybridized carbons (Fsp3) is 1.00. The van der Waals surface area contributed by atoms with Crippen LogP contribution >= 0.6 is 0 Å². The quantitative estimate of drug-likeness (QED) is 0.568. The highest BCUT2D eigenvalue weighted by atomic mass is 19.4. The van der Waals surface area contributed by atoms with E-state index in [-0.39, 0.29) is 0 Å². The van der Waals surface area contributed by atoms with E-state index in [0.717, 1.165) is 0 Å². The monoisotopic (exact) mass is 229 g/mol. The average molecular weight is 229 g/mol. The van der Waals surface area contributed by atoms with Crippen molar-refractivity contribution in [2.24, 2.45) is 0 Å². The Morgan fingerprint density at radius 2 is 1.14 bits per heavy atom. The largest absolute Gasteiger partial charge is 0.381 e. The van der Waals surface area contributed by atoms with Gasteiger partial charge in [0.2, 0.25) is 6.17 Å². The van der Waals surface area contributed by atoms with E-state index >= 15 is 0 Å². The second-order valence-corrected chi connectivity index (χ2v) is 2.78. The van der Waals surface area contributed by atoms with Crippen LogP contribution in [0, 0.1) is 0 Å². The van der Waals surface area contributed by atoms with Gasteiger partial charge >= 0.3 is 23.6 Å². The molecule has 83 valence electrons. The Hall–Kier alpha value is -0.600. The zero-order chi connectivity index (χ0) is 11.6. The van der Waals surface area contributed by atoms with E-state index in [1.807, 2.05) is 0 Å². The molecule has 0 aromatic heterocycles. The van der Waals surface area contributed by atoms with E-state index in [0.29, 0.717) is 0 Å². The van der Waals surface area contributed by atoms with Gasteiger partial charge in [-0.05, 0) is 0 Å². The minimum Gasteiger partial charge on any atom is -0.234 e. The van der Waals surface area contributed by atoms with Gasteiger partial charge in [0.05, 0.1) is 0 Å². The van der Waals surface area contributed by atoms with Crippen molar-refractivity contribution in [2.45, 2.75) is 29.8 Å². The molecule has 0 aromatic carbocycles. The van der Waals surface area contributed by atoms with Crippen molar-refractivity contribution in [1.29, 1.82) is 0 Å². The van der Waals surface area contributed by atoms with Crippen molar-refractivity contribution in [3.05, 3.63) is 0 Å². The van der Waals surface area contributed by atoms with E-state index < -0.39 is 29.8 Å². The van der Waals surface area contributed by atoms with Crippen LogP contribution in [0.3, 0.4) is 0 Å². The lowest BCUT2D eigenvalue weighted by Crippen LogP contribution is -2.52. The van der Waals surface area contributed by atoms with Gasteiger partial charge in [-0.1, -0.05) is 0 Å². The second-order valence-electron chi connectivity index (χ2n) is 2.78. The maximum atomic E-state index is 12.1. The van der Waals surface area contributed by atoms with Crippen LogP contribution in [0.5, 0.6) is 0 Å². The normalized spacial score (nSPS) is 43.9. The first-order valence-electron chi connectivity index (χ1n) is 3.07. The lowest BCUT2D eigenvalue weighted by molar-refractivity contribution is -0.333. The molecule has 0 bridgehead atoms. The molecule has 2 atom stereocenters. The lowest BCUT2D eigenvalue weighted by Gasteiger charge is -2.23. The van der Waals surface area contributed by atoms with Gasteiger partial charge in [0.25, 0.3) is 0 Å². The summed E-state index contributed by atoms with van der Waals surface area (Å²) in [5, 5.41) is 9.97. The fourth-order valence-electron chi connectivity index (χ4n) is 0.975. The molecule has 1 aliphatic rings. The summed E-state index contributed by atoms with van der Waals surface area (Å²) in [6.45, 7) is 0. The molecular weight excluding hydrogens is 228 g/mol. The molecule has 1 radical (unpaired) electrons. The first-order valence-corrected chi connectivity index (χ1v) is 3.07. The van der Waals surface area contributed by atoms with Gasteiger partial charge in [0.15, 0.2) is 0 Å². The molecule has 0 N–H and O–H groups in total. The van der Waals surface area contributed by atoms with Gasteiger partial charge in [-0.25, -0.2) is 4.39 Å². The first kappa shape index (κ1) is 11.5. The second kappa shape index (κ2) is 2.31. The molecule has 0 aromatic rings. The predicted molar refractivity (Wildman–Crippen MR) is 24.3 cm³/mol. The molecule has 0 saturated heterocycles. The Bertz CT molecular complexity index is 232. The first-order chi connectivity index (χ1) is 5.90. The van der Waals surface area contributed by atoms with Crippen LogP contribution in [0.2, 0.25) is 0 Å². The van der Waals surface area contributed by atoms with Crippen LogP contribution < -0.4 is 0 Å². The van der Waals surface area contributed by atoms with Gasteiger partial charge in [0.1, 0.15) is 0 Å². The van der Waals surface area contributed by atoms with Crippen LogP contribution in [0.1, 0.15) is 0 Å². The zero-order valence-corrected chi connectivity index (χ0v) is 6.01. The molecule has 14 heavy (non-hydrogen) atoms. The number of hydrogen-bond acceptors (Lipinski definition) is 0. The van der Waals surface area contributed by atoms with E-state index in [9.17, 15) is 40.2 Å². The molecule has 2 unspecified atom stereocenters. The molecule has 0 amide bonds. The predicted octanol–water partition coefficient (Wildman–Crippen LogP) is 2.34. The van der Waals surface area contributed by atoms with Gasteiger partial charge in [-0.15, -0.1) is 0 Å². The molecule has 1 nitrogen and oxygen atoms in total. The van der Waals surface area contributed by atoms with E-state index in [2.05, 4.69) is 0 Å². The third kappa shape index (κ3) is 0.836. The number of halogens is 8. The topological polar surface area (TPSA) is 19.9 Å². The van der Waals surface area contributed by atoms with Crippen molar-refractivity contribution in [3.8, 4) is 0 Å². The highest BCUT2D eigenvalue weighted by Crippen LogP contribution is 2.62. The van der Waals surface area contributed by atoms with E-state index in [1.54, 1.807) is 0 Å². The highest BCUT2D eigenvalue weighted by Gasteiger charge is 2.94. The molecule has 0 aliphatic heterocycles. The van der Waals surface area contributed by atoms with Crippen LogP contribution in [-0.4, -0.2) is 29.8 Å². The van der Waals surface area contributed by atoms with Crippen molar-refractivity contribution in [1.82, 2.24) is 0 Å². The van der Waals surface area contributed by atoms with Crippen LogP contribution in [0.25, 0.3) is 0 Å². The smallest absolute Gasteiger partial charge is 0.234 e. The molecule has 1 aliphatic carbocycles. The molecule has 1 rings (SSSR count). The van der Waals surface area contributed by atoms with Gasteiger partial charge in [-0.2, -0.15) is 35.8 Å². The number of alkyl halides is 8. The third-order valence-electron chi connectivity index (χ3n) is 1.89. The van der Waals surface area contributed by atoms with Crippen LogP contribution in [-0.2, 0) is 5.11 Å². The third-order valence-corrected chi connectivity index (χ3v) is 1.89. The van der Waals surface area contributed by atoms with Gasteiger partial charge in [0, 0.05) is 0 Å². The fourth-order valence-corrected chi connectivity index (χ4v) is 0.975. The summed E-state index contributed by atoms with van der Waals surface area (Å²) in [5.74, 6) is -24.5. The molecule has 0 spiro atoms. The van der Waals surface area contributed by atoms with Gasteiger partial charge in [-0.3, -0.25) is 0 Å². The van der Waals surface area contributed by atoms with E-state index in [1.165, 1.54) is 0 Å². The molecule has 1 saturated carbocycles. The Kier molecular flexibility index (Phi) is 1.90. The van der Waals surface area contributed by atoms with Crippen LogP contribution in [0.15, 0.2) is 0 Å². The van der Waals surface area contributed by atoms with E-state index in [4.69, 9.17) is 0 Å². The Morgan fingerprint density at radius 1 is 0.786 bits per heavy atom. The summed E-state index contributed by atoms with van der Waals surface area (Å²) < 4.78 is 96.6. The minimum atomic E-state index is -6.34. The molecular formula is C5HF8O. The summed E-state index contributed by atoms with van der Waals surface area (Å²) in [6, 6.07) is 0. The molecule has 1 fully saturated rings. The summed E-state index contributed by atoms with van der Waals surface area (Å²) in [6.07, 6.45) is -4.79. The maximum absolute atomic E-state index is 12.1. The molecule has 9 heteroatoms. The Labute approximate surface area is 71.3 Å². The maximum Gasteiger partial charge on any atom is 0.381 e. The average Bonchev–Trinajstić information content (AvgIpc) is 2.05. The Morgan fingerprint density at radius 3 is 1.21 bits per heavy atom. The summed E-state index contributed by atoms with van der Waals surface area (Å²) in [7, 11) is 0. The van der Waals surface area contributed by atoms with Gasteiger partial charge < -0.3 is 0 Å². The molecule has 0 heterocycles. The SMILES string of the molecule is [O]C1(F)C(F)C(F)(F)C(F)(F)C1(F)F. The number of hydrogen-bond donors (Lipinski definition) is 0. The lowest BCUT2D eigenvalue weighted by atomic mass is 10.2. The van der Waals surface area contributed by atoms with Crippen LogP contribution in [0.4, 0.5) is 35.1 Å². The minimum absolute atomic E-state index is 4.79. The van der Waals surface area contributed by atoms with Crippen molar-refractivity contribution in [2.75, 3.05) is 0 Å². The summed E-state index contributed by atoms with van der Waals surface area (Å²) in [4.78, 5) is 0. The zero-order valence-electron chi connectivity index (χ0n) is 6.01. The summed E-state index contributed by atoms with van der Waals surface area (Å²) >= 11 is 0. The highest BCUT2D eigenvalue weighted by molar-refractivity contribution is 5.18. The summed E-state index contributed by atoms with van der Waals surface area (Å²) in [5.41, 5.74) is 0. The van der Waals surface area contributed by atoms with Crippen molar-refractivity contribution < 1.29 is 40.2 Å². The number of rotatable bonds is 0. The van der Waals surface area contributed by atoms with Crippen molar-refractivity contribution in [3.63, 3.8) is 0 Å². The van der Waals surface area contributed by atoms with Crippen molar-refractivity contribution >= 4 is 0 Å². The Balaban J connectivity index is 3.38.